The zero-order valence-electron chi connectivity index (χ0n) is 16.7. The molecule has 0 aromatic heterocycles. The van der Waals surface area contributed by atoms with E-state index in [1.54, 1.807) is 5.56 Å². The molecule has 0 saturated carbocycles. The van der Waals surface area contributed by atoms with Crippen molar-refractivity contribution in [2.75, 3.05) is 0 Å². The van der Waals surface area contributed by atoms with Gasteiger partial charge in [0.25, 0.3) is 0 Å². The number of allylic oxidation sites excluding steroid dienone is 1. The van der Waals surface area contributed by atoms with E-state index in [2.05, 4.69) is 55.5 Å². The minimum atomic E-state index is 0.730. The summed E-state index contributed by atoms with van der Waals surface area (Å²) in [6.45, 7) is 2.29. The molecule has 0 nitrogen and oxygen atoms in total. The van der Waals surface area contributed by atoms with Crippen LogP contribution in [0, 0.1) is 0 Å². The van der Waals surface area contributed by atoms with E-state index >= 15 is 0 Å². The van der Waals surface area contributed by atoms with Crippen LogP contribution in [0.25, 0.3) is 16.8 Å². The Kier molecular flexibility index (Phi) is 7.80. The van der Waals surface area contributed by atoms with Gasteiger partial charge in [0.15, 0.2) is 0 Å². The Hall–Kier alpha value is -1.56. The van der Waals surface area contributed by atoms with Crippen LogP contribution >= 0.6 is 0 Å². The first-order chi connectivity index (χ1) is 12.9. The van der Waals surface area contributed by atoms with Gasteiger partial charge >= 0.3 is 0 Å². The van der Waals surface area contributed by atoms with Gasteiger partial charge in [0.05, 0.1) is 0 Å². The largest absolute Gasteiger partial charge is 0.0833 e. The molecule has 1 aliphatic rings. The topological polar surface area (TPSA) is 0 Å². The molecule has 140 valence electrons. The molecule has 1 unspecified atom stereocenters. The molecule has 0 amide bonds. The summed E-state index contributed by atoms with van der Waals surface area (Å²) >= 11 is 0. The molecule has 1 atom stereocenters. The second-order valence-electron chi connectivity index (χ2n) is 8.10. The Balaban J connectivity index is 1.41. The predicted molar refractivity (Wildman–Crippen MR) is 117 cm³/mol. The van der Waals surface area contributed by atoms with Gasteiger partial charge in [-0.3, -0.25) is 0 Å². The summed E-state index contributed by atoms with van der Waals surface area (Å²) in [5.74, 6) is 0.730. The Labute approximate surface area is 160 Å². The van der Waals surface area contributed by atoms with Gasteiger partial charge in [0.2, 0.25) is 0 Å². The van der Waals surface area contributed by atoms with Crippen molar-refractivity contribution < 1.29 is 0 Å². The molecule has 26 heavy (non-hydrogen) atoms. The zero-order valence-corrected chi connectivity index (χ0v) is 16.7. The van der Waals surface area contributed by atoms with Crippen LogP contribution < -0.4 is 0 Å². The van der Waals surface area contributed by atoms with E-state index in [0.717, 1.165) is 5.92 Å². The Morgan fingerprint density at radius 3 is 2.23 bits per heavy atom. The fourth-order valence-electron chi connectivity index (χ4n) is 4.48. The van der Waals surface area contributed by atoms with E-state index in [-0.39, 0.29) is 0 Å². The minimum absolute atomic E-state index is 0.730. The third-order valence-corrected chi connectivity index (χ3v) is 6.06. The van der Waals surface area contributed by atoms with Crippen LogP contribution in [0.4, 0.5) is 0 Å². The second kappa shape index (κ2) is 10.6. The first-order valence-electron chi connectivity index (χ1n) is 11.1. The average molecular weight is 349 g/mol. The van der Waals surface area contributed by atoms with Crippen molar-refractivity contribution in [2.24, 2.45) is 0 Å². The third-order valence-electron chi connectivity index (χ3n) is 6.06. The summed E-state index contributed by atoms with van der Waals surface area (Å²) in [5, 5.41) is 2.80. The van der Waals surface area contributed by atoms with Crippen LogP contribution in [-0.2, 0) is 0 Å². The summed E-state index contributed by atoms with van der Waals surface area (Å²) < 4.78 is 0. The molecular weight excluding hydrogens is 312 g/mol. The van der Waals surface area contributed by atoms with Crippen LogP contribution in [0.2, 0.25) is 0 Å². The maximum Gasteiger partial charge on any atom is -0.0109 e. The first-order valence-corrected chi connectivity index (χ1v) is 11.1. The Bertz CT molecular complexity index is 694. The van der Waals surface area contributed by atoms with Crippen molar-refractivity contribution in [3.8, 4) is 0 Å². The van der Waals surface area contributed by atoms with E-state index < -0.39 is 0 Å². The van der Waals surface area contributed by atoms with E-state index in [1.165, 1.54) is 93.4 Å². The monoisotopic (exact) mass is 348 g/mol. The maximum atomic E-state index is 2.40. The van der Waals surface area contributed by atoms with Gasteiger partial charge in [-0.05, 0) is 40.7 Å². The molecule has 3 rings (SSSR count). The minimum Gasteiger partial charge on any atom is -0.0833 e. The number of hydrogen-bond donors (Lipinski definition) is 0. The van der Waals surface area contributed by atoms with Crippen molar-refractivity contribution >= 4 is 16.8 Å². The predicted octanol–water partition coefficient (Wildman–Crippen LogP) is 8.65. The van der Waals surface area contributed by atoms with Gasteiger partial charge in [-0.1, -0.05) is 120 Å². The van der Waals surface area contributed by atoms with Gasteiger partial charge in [0.1, 0.15) is 0 Å². The van der Waals surface area contributed by atoms with Crippen molar-refractivity contribution in [1.29, 1.82) is 0 Å². The van der Waals surface area contributed by atoms with Gasteiger partial charge in [-0.2, -0.15) is 0 Å². The molecule has 0 saturated heterocycles. The molecule has 0 N–H and O–H groups in total. The smallest absolute Gasteiger partial charge is 0.0109 e. The zero-order chi connectivity index (χ0) is 18.0. The fourth-order valence-corrected chi connectivity index (χ4v) is 4.48. The molecule has 2 aromatic carbocycles. The highest BCUT2D eigenvalue weighted by Gasteiger charge is 2.18. The van der Waals surface area contributed by atoms with E-state index in [1.807, 2.05) is 0 Å². The molecule has 0 fully saturated rings. The lowest BCUT2D eigenvalue weighted by Gasteiger charge is -2.23. The fraction of sp³-hybridized carbons (Fsp3) is 0.538. The van der Waals surface area contributed by atoms with Crippen LogP contribution in [0.1, 0.15) is 101 Å². The van der Waals surface area contributed by atoms with Gasteiger partial charge in [0, 0.05) is 0 Å². The molecule has 1 aliphatic carbocycles. The number of rotatable bonds is 11. The molecule has 0 bridgehead atoms. The summed E-state index contributed by atoms with van der Waals surface area (Å²) in [7, 11) is 0. The van der Waals surface area contributed by atoms with Crippen molar-refractivity contribution in [3.63, 3.8) is 0 Å². The van der Waals surface area contributed by atoms with Crippen LogP contribution in [0.5, 0.6) is 0 Å². The van der Waals surface area contributed by atoms with Gasteiger partial charge in [-0.25, -0.2) is 0 Å². The molecule has 0 radical (unpaired) electrons. The molecule has 0 aliphatic heterocycles. The van der Waals surface area contributed by atoms with Crippen molar-refractivity contribution in [3.05, 3.63) is 53.6 Å². The second-order valence-corrected chi connectivity index (χ2v) is 8.10. The summed E-state index contributed by atoms with van der Waals surface area (Å²) in [4.78, 5) is 0. The summed E-state index contributed by atoms with van der Waals surface area (Å²) in [6, 6.07) is 13.5. The average Bonchev–Trinajstić information content (AvgIpc) is 2.69. The highest BCUT2D eigenvalue weighted by atomic mass is 14.2. The molecule has 0 spiro atoms. The highest BCUT2D eigenvalue weighted by molar-refractivity contribution is 5.92. The highest BCUT2D eigenvalue weighted by Crippen LogP contribution is 2.37. The Morgan fingerprint density at radius 2 is 1.46 bits per heavy atom. The Morgan fingerprint density at radius 1 is 0.769 bits per heavy atom. The standard InChI is InChI=1S/C26H36/c1-2-3-4-5-6-7-8-9-10-11-15-22-17-14-19-26-24-18-13-12-16-23(24)20-21-25(22)26/h12-14,16,18-22H,2-11,15,17H2,1H3. The molecule has 2 aromatic rings. The molecule has 0 heteroatoms. The van der Waals surface area contributed by atoms with Crippen LogP contribution in [0.15, 0.2) is 42.5 Å². The van der Waals surface area contributed by atoms with Gasteiger partial charge < -0.3 is 0 Å². The van der Waals surface area contributed by atoms with E-state index in [4.69, 9.17) is 0 Å². The third kappa shape index (κ3) is 5.22. The van der Waals surface area contributed by atoms with Gasteiger partial charge in [-0.15, -0.1) is 0 Å². The van der Waals surface area contributed by atoms with Crippen LogP contribution in [-0.4, -0.2) is 0 Å². The lowest BCUT2D eigenvalue weighted by Crippen LogP contribution is -2.04. The van der Waals surface area contributed by atoms with Crippen molar-refractivity contribution in [1.82, 2.24) is 0 Å². The van der Waals surface area contributed by atoms with E-state index in [0.29, 0.717) is 0 Å². The summed E-state index contributed by atoms with van der Waals surface area (Å²) in [5.41, 5.74) is 3.06. The number of unbranched alkanes of at least 4 members (excludes halogenated alkanes) is 9. The molecular formula is C26H36. The quantitative estimate of drug-likeness (QED) is 0.356. The van der Waals surface area contributed by atoms with Crippen LogP contribution in [0.3, 0.4) is 0 Å². The number of hydrogen-bond acceptors (Lipinski definition) is 0. The van der Waals surface area contributed by atoms with E-state index in [9.17, 15) is 0 Å². The first kappa shape index (κ1) is 19.2. The maximum absolute atomic E-state index is 2.40. The lowest BCUT2D eigenvalue weighted by atomic mass is 9.82. The number of fused-ring (bicyclic) bond motifs is 3. The number of benzene rings is 2. The summed E-state index contributed by atoms with van der Waals surface area (Å²) in [6.07, 6.45) is 21.6. The lowest BCUT2D eigenvalue weighted by molar-refractivity contribution is 0.524. The molecule has 0 heterocycles. The SMILES string of the molecule is CCCCCCCCCCCCC1CC=Cc2c1ccc1ccccc21. The van der Waals surface area contributed by atoms with Crippen molar-refractivity contribution in [2.45, 2.75) is 89.9 Å². The normalized spacial score (nSPS) is 16.1.